The van der Waals surface area contributed by atoms with Crippen LogP contribution >= 0.6 is 0 Å². The molecule has 7 rings (SSSR count). The summed E-state index contributed by atoms with van der Waals surface area (Å²) in [5.74, 6) is 0. The maximum absolute atomic E-state index is 4.70. The summed E-state index contributed by atoms with van der Waals surface area (Å²) in [6, 6.07) is 23.0. The van der Waals surface area contributed by atoms with Crippen LogP contribution in [-0.2, 0) is 13.1 Å². The van der Waals surface area contributed by atoms with Gasteiger partial charge >= 0.3 is 0 Å². The molecule has 8 nitrogen and oxygen atoms in total. The van der Waals surface area contributed by atoms with Gasteiger partial charge in [0.15, 0.2) is 0 Å². The summed E-state index contributed by atoms with van der Waals surface area (Å²) < 4.78 is 2.05. The molecule has 0 bridgehead atoms. The summed E-state index contributed by atoms with van der Waals surface area (Å²) in [6.07, 6.45) is 9.47. The maximum Gasteiger partial charge on any atom is 0.116 e. The Hall–Kier alpha value is -5.08. The van der Waals surface area contributed by atoms with Crippen LogP contribution in [0.3, 0.4) is 0 Å². The molecule has 5 aromatic heterocycles. The molecule has 0 aliphatic rings. The van der Waals surface area contributed by atoms with E-state index >= 15 is 0 Å². The molecule has 8 heteroatoms. The van der Waals surface area contributed by atoms with Crippen LogP contribution in [0.2, 0.25) is 0 Å². The van der Waals surface area contributed by atoms with Crippen LogP contribution in [0.15, 0.2) is 97.8 Å². The minimum Gasteiger partial charge on any atom is -0.353 e. The Morgan fingerprint density at radius 1 is 0.821 bits per heavy atom. The van der Waals surface area contributed by atoms with Gasteiger partial charge in [-0.1, -0.05) is 36.4 Å². The molecule has 3 N–H and O–H groups in total. The number of hydrogen-bond donors (Lipinski definition) is 3. The first-order chi connectivity index (χ1) is 19.2. The van der Waals surface area contributed by atoms with Crippen molar-refractivity contribution in [2.45, 2.75) is 20.0 Å². The Morgan fingerprint density at radius 3 is 2.59 bits per heavy atom. The van der Waals surface area contributed by atoms with Gasteiger partial charge in [0.1, 0.15) is 5.69 Å². The lowest BCUT2D eigenvalue weighted by Gasteiger charge is -2.07. The average molecular weight is 511 g/mol. The molecular formula is C31H26N8. The lowest BCUT2D eigenvalue weighted by molar-refractivity contribution is 0.691. The van der Waals surface area contributed by atoms with Crippen LogP contribution in [0.5, 0.6) is 0 Å². The number of nitrogens with one attached hydrogen (secondary N) is 3. The van der Waals surface area contributed by atoms with E-state index in [4.69, 9.17) is 4.98 Å². The van der Waals surface area contributed by atoms with Crippen molar-refractivity contribution in [3.05, 3.63) is 115 Å². The molecule has 7 aromatic rings. The van der Waals surface area contributed by atoms with E-state index in [2.05, 4.69) is 89.6 Å². The predicted octanol–water partition coefficient (Wildman–Crippen LogP) is 5.95. The fraction of sp³-hybridized carbons (Fsp3) is 0.0968. The Labute approximate surface area is 224 Å². The number of benzene rings is 2. The molecule has 0 aliphatic heterocycles. The summed E-state index contributed by atoms with van der Waals surface area (Å²) in [5.41, 5.74) is 9.95. The summed E-state index contributed by atoms with van der Waals surface area (Å²) in [7, 11) is 0. The van der Waals surface area contributed by atoms with Crippen molar-refractivity contribution in [3.63, 3.8) is 0 Å². The van der Waals surface area contributed by atoms with E-state index in [-0.39, 0.29) is 0 Å². The minimum absolute atomic E-state index is 0.725. The third-order valence-corrected chi connectivity index (χ3v) is 6.93. The zero-order valence-electron chi connectivity index (χ0n) is 21.4. The smallest absolute Gasteiger partial charge is 0.116 e. The number of hydrogen-bond acceptors (Lipinski definition) is 5. The highest BCUT2D eigenvalue weighted by Gasteiger charge is 2.15. The maximum atomic E-state index is 4.70. The van der Waals surface area contributed by atoms with E-state index in [0.29, 0.717) is 0 Å². The lowest BCUT2D eigenvalue weighted by Crippen LogP contribution is -2.12. The van der Waals surface area contributed by atoms with Gasteiger partial charge in [0, 0.05) is 53.5 Å². The number of nitrogens with zero attached hydrogens (tertiary/aromatic N) is 5. The molecule has 5 heterocycles. The van der Waals surface area contributed by atoms with Crippen molar-refractivity contribution in [1.82, 2.24) is 40.0 Å². The van der Waals surface area contributed by atoms with Crippen molar-refractivity contribution in [1.29, 1.82) is 0 Å². The molecule has 0 spiro atoms. The van der Waals surface area contributed by atoms with Crippen molar-refractivity contribution >= 4 is 21.8 Å². The summed E-state index contributed by atoms with van der Waals surface area (Å²) in [4.78, 5) is 17.1. The second-order valence-electron chi connectivity index (χ2n) is 9.70. The van der Waals surface area contributed by atoms with Crippen LogP contribution in [0.25, 0.3) is 50.1 Å². The third kappa shape index (κ3) is 4.47. The van der Waals surface area contributed by atoms with Crippen LogP contribution in [0.1, 0.15) is 16.8 Å². The van der Waals surface area contributed by atoms with Gasteiger partial charge in [-0.3, -0.25) is 15.1 Å². The molecule has 0 aliphatic carbocycles. The Kier molecular flexibility index (Phi) is 5.71. The Bertz CT molecular complexity index is 1910. The highest BCUT2D eigenvalue weighted by Crippen LogP contribution is 2.32. The van der Waals surface area contributed by atoms with E-state index in [1.54, 1.807) is 0 Å². The first kappa shape index (κ1) is 23.1. The standard InChI is InChI=1S/C31H26N8/c1-20-18-39(19-35-20)30-9-5-8-26-24(30)11-28(36-26)31-25-12-27(34-17-29(25)37-38-31)23-10-22(15-33-16-23)14-32-13-21-6-3-2-4-7-21/h2-12,15-19,32,36H,13-14H2,1H3,(H,37,38). The number of H-pyrrole nitrogens is 2. The van der Waals surface area contributed by atoms with Crippen molar-refractivity contribution in [2.75, 3.05) is 0 Å². The molecule has 0 saturated carbocycles. The lowest BCUT2D eigenvalue weighted by atomic mass is 10.1. The van der Waals surface area contributed by atoms with Crippen LogP contribution in [-0.4, -0.2) is 34.7 Å². The summed E-state index contributed by atoms with van der Waals surface area (Å²) in [5, 5.41) is 13.4. The number of fused-ring (bicyclic) bond motifs is 2. The van der Waals surface area contributed by atoms with Gasteiger partial charge in [0.25, 0.3) is 0 Å². The first-order valence-electron chi connectivity index (χ1n) is 12.9. The number of aryl methyl sites for hydroxylation is 1. The summed E-state index contributed by atoms with van der Waals surface area (Å²) >= 11 is 0. The number of imidazole rings is 1. The molecule has 0 atom stereocenters. The second-order valence-corrected chi connectivity index (χ2v) is 9.70. The Morgan fingerprint density at radius 2 is 1.72 bits per heavy atom. The highest BCUT2D eigenvalue weighted by molar-refractivity contribution is 5.98. The van der Waals surface area contributed by atoms with Gasteiger partial charge in [-0.15, -0.1) is 0 Å². The highest BCUT2D eigenvalue weighted by atomic mass is 15.1. The number of aromatic nitrogens is 7. The fourth-order valence-corrected chi connectivity index (χ4v) is 5.00. The van der Waals surface area contributed by atoms with Crippen LogP contribution in [0, 0.1) is 6.92 Å². The predicted molar refractivity (Wildman–Crippen MR) is 153 cm³/mol. The first-order valence-corrected chi connectivity index (χ1v) is 12.9. The SMILES string of the molecule is Cc1cn(-c2cccc3[nH]c(-c4n[nH]c5cnc(-c6cncc(CNCc7ccccc7)c6)cc45)cc23)cn1. The van der Waals surface area contributed by atoms with E-state index < -0.39 is 0 Å². The number of rotatable bonds is 7. The molecular weight excluding hydrogens is 484 g/mol. The normalized spacial score (nSPS) is 11.5. The van der Waals surface area contributed by atoms with Gasteiger partial charge in [-0.25, -0.2) is 4.98 Å². The quantitative estimate of drug-likeness (QED) is 0.246. The topological polar surface area (TPSA) is 100 Å². The van der Waals surface area contributed by atoms with E-state index in [9.17, 15) is 0 Å². The number of pyridine rings is 2. The molecule has 0 fully saturated rings. The Balaban J connectivity index is 1.20. The average Bonchev–Trinajstić information content (AvgIpc) is 3.71. The number of aromatic amines is 2. The molecule has 39 heavy (non-hydrogen) atoms. The summed E-state index contributed by atoms with van der Waals surface area (Å²) in [6.45, 7) is 3.52. The minimum atomic E-state index is 0.725. The van der Waals surface area contributed by atoms with Gasteiger partial charge in [-0.2, -0.15) is 5.10 Å². The van der Waals surface area contributed by atoms with Crippen molar-refractivity contribution < 1.29 is 0 Å². The molecule has 0 amide bonds. The van der Waals surface area contributed by atoms with Crippen LogP contribution < -0.4 is 5.32 Å². The van der Waals surface area contributed by atoms with E-state index in [0.717, 1.165) is 74.5 Å². The monoisotopic (exact) mass is 510 g/mol. The van der Waals surface area contributed by atoms with Crippen LogP contribution in [0.4, 0.5) is 0 Å². The van der Waals surface area contributed by atoms with Gasteiger partial charge in [0.05, 0.1) is 40.8 Å². The van der Waals surface area contributed by atoms with Crippen molar-refractivity contribution in [2.24, 2.45) is 0 Å². The molecule has 190 valence electrons. The zero-order valence-corrected chi connectivity index (χ0v) is 21.4. The fourth-order valence-electron chi connectivity index (χ4n) is 5.00. The van der Waals surface area contributed by atoms with Gasteiger partial charge in [-0.05, 0) is 48.4 Å². The largest absolute Gasteiger partial charge is 0.353 e. The molecule has 0 radical (unpaired) electrons. The van der Waals surface area contributed by atoms with E-state index in [1.807, 2.05) is 50.2 Å². The van der Waals surface area contributed by atoms with Crippen molar-refractivity contribution in [3.8, 4) is 28.3 Å². The molecule has 0 unspecified atom stereocenters. The third-order valence-electron chi connectivity index (χ3n) is 6.93. The zero-order chi connectivity index (χ0) is 26.2. The second kappa shape index (κ2) is 9.66. The molecule has 0 saturated heterocycles. The molecule has 2 aromatic carbocycles. The van der Waals surface area contributed by atoms with Gasteiger partial charge < -0.3 is 14.9 Å². The van der Waals surface area contributed by atoms with E-state index in [1.165, 1.54) is 5.56 Å². The van der Waals surface area contributed by atoms with Gasteiger partial charge in [0.2, 0.25) is 0 Å².